The third-order valence-electron chi connectivity index (χ3n) is 3.78. The van der Waals surface area contributed by atoms with Crippen LogP contribution in [0.5, 0.6) is 0 Å². The number of furan rings is 1. The molecule has 1 saturated heterocycles. The van der Waals surface area contributed by atoms with Crippen LogP contribution in [0.3, 0.4) is 0 Å². The van der Waals surface area contributed by atoms with E-state index in [-0.39, 0.29) is 22.3 Å². The monoisotopic (exact) mass is 315 g/mol. The molecule has 0 saturated carbocycles. The Kier molecular flexibility index (Phi) is 4.40. The number of hydrogen-bond acceptors (Lipinski definition) is 5. The second kappa shape index (κ2) is 5.78. The maximum absolute atomic E-state index is 12.2. The van der Waals surface area contributed by atoms with E-state index in [1.807, 2.05) is 0 Å². The first-order valence-corrected chi connectivity index (χ1v) is 8.29. The van der Waals surface area contributed by atoms with Crippen LogP contribution < -0.4 is 15.4 Å². The predicted molar refractivity (Wildman–Crippen MR) is 77.5 cm³/mol. The number of piperidine rings is 1. The van der Waals surface area contributed by atoms with Gasteiger partial charge in [-0.1, -0.05) is 13.8 Å². The first kappa shape index (κ1) is 16.0. The molecule has 0 aliphatic carbocycles. The molecule has 3 N–H and O–H groups in total. The van der Waals surface area contributed by atoms with E-state index in [0.717, 1.165) is 19.5 Å². The van der Waals surface area contributed by atoms with Crippen LogP contribution in [0.25, 0.3) is 0 Å². The van der Waals surface area contributed by atoms with Gasteiger partial charge in [0, 0.05) is 12.6 Å². The van der Waals surface area contributed by atoms with Gasteiger partial charge < -0.3 is 15.1 Å². The van der Waals surface area contributed by atoms with Gasteiger partial charge in [0.15, 0.2) is 5.76 Å². The van der Waals surface area contributed by atoms with Crippen molar-refractivity contribution in [3.63, 3.8) is 0 Å². The fraction of sp³-hybridized carbons (Fsp3) is 0.615. The second-order valence-electron chi connectivity index (χ2n) is 5.81. The highest BCUT2D eigenvalue weighted by Gasteiger charge is 2.34. The number of amides is 1. The highest BCUT2D eigenvalue weighted by molar-refractivity contribution is 7.89. The van der Waals surface area contributed by atoms with Gasteiger partial charge in [0.2, 0.25) is 5.09 Å². The number of hydrogen-bond donors (Lipinski definition) is 3. The lowest BCUT2D eigenvalue weighted by atomic mass is 9.80. The number of carbonyl (C=O) groups excluding carboxylic acids is 1. The smallest absolute Gasteiger partial charge is 0.287 e. The van der Waals surface area contributed by atoms with Gasteiger partial charge in [-0.3, -0.25) is 4.79 Å². The maximum Gasteiger partial charge on any atom is 0.287 e. The van der Waals surface area contributed by atoms with Crippen LogP contribution in [-0.2, 0) is 10.0 Å². The first-order chi connectivity index (χ1) is 9.76. The normalized spacial score (nSPS) is 22.0. The highest BCUT2D eigenvalue weighted by Crippen LogP contribution is 2.25. The Hall–Kier alpha value is -1.38. The molecule has 118 valence electrons. The van der Waals surface area contributed by atoms with Gasteiger partial charge in [-0.25, -0.2) is 13.1 Å². The molecule has 8 heteroatoms. The van der Waals surface area contributed by atoms with E-state index in [4.69, 9.17) is 4.42 Å². The topological polar surface area (TPSA) is 100 Å². The first-order valence-electron chi connectivity index (χ1n) is 6.81. The van der Waals surface area contributed by atoms with E-state index in [0.29, 0.717) is 0 Å². The summed E-state index contributed by atoms with van der Waals surface area (Å²) in [7, 11) is -2.39. The summed E-state index contributed by atoms with van der Waals surface area (Å²) < 4.78 is 30.4. The fourth-order valence-corrected chi connectivity index (χ4v) is 3.00. The molecule has 1 aliphatic rings. The van der Waals surface area contributed by atoms with Crippen LogP contribution >= 0.6 is 0 Å². The number of nitrogens with one attached hydrogen (secondary N) is 3. The van der Waals surface area contributed by atoms with Crippen LogP contribution in [0, 0.1) is 5.41 Å². The van der Waals surface area contributed by atoms with Crippen LogP contribution in [0.2, 0.25) is 0 Å². The Morgan fingerprint density at radius 1 is 1.43 bits per heavy atom. The van der Waals surface area contributed by atoms with Crippen LogP contribution in [0.1, 0.15) is 30.8 Å². The second-order valence-corrected chi connectivity index (χ2v) is 7.62. The molecule has 1 aliphatic heterocycles. The third kappa shape index (κ3) is 3.45. The minimum absolute atomic E-state index is 0.00171. The summed E-state index contributed by atoms with van der Waals surface area (Å²) in [6.45, 7) is 5.80. The van der Waals surface area contributed by atoms with Crippen molar-refractivity contribution in [2.75, 3.05) is 20.1 Å². The summed E-state index contributed by atoms with van der Waals surface area (Å²) in [5.41, 5.74) is -0.0691. The number of rotatable bonds is 4. The zero-order chi connectivity index (χ0) is 15.7. The van der Waals surface area contributed by atoms with Gasteiger partial charge in [-0.15, -0.1) is 0 Å². The SMILES string of the molecule is CNS(=O)(=O)c1ccc(C(=O)NC2CCNCC2(C)C)o1. The largest absolute Gasteiger partial charge is 0.438 e. The van der Waals surface area contributed by atoms with Crippen molar-refractivity contribution in [2.45, 2.75) is 31.4 Å². The van der Waals surface area contributed by atoms with E-state index >= 15 is 0 Å². The Balaban J connectivity index is 2.11. The van der Waals surface area contributed by atoms with Crippen LogP contribution in [0.15, 0.2) is 21.6 Å². The molecular formula is C13H21N3O4S. The molecule has 0 spiro atoms. The Bertz CT molecular complexity index is 621. The molecule has 7 nitrogen and oxygen atoms in total. The van der Waals surface area contributed by atoms with Crippen molar-refractivity contribution in [3.05, 3.63) is 17.9 Å². The van der Waals surface area contributed by atoms with Gasteiger partial charge in [-0.2, -0.15) is 0 Å². The predicted octanol–water partition coefficient (Wildman–Crippen LogP) is 0.306. The minimum atomic E-state index is -3.67. The summed E-state index contributed by atoms with van der Waals surface area (Å²) in [4.78, 5) is 12.2. The summed E-state index contributed by atoms with van der Waals surface area (Å²) in [6.07, 6.45) is 0.821. The highest BCUT2D eigenvalue weighted by atomic mass is 32.2. The molecule has 1 aromatic rings. The Labute approximate surface area is 124 Å². The van der Waals surface area contributed by atoms with E-state index in [9.17, 15) is 13.2 Å². The van der Waals surface area contributed by atoms with Gasteiger partial charge in [0.05, 0.1) is 0 Å². The number of carbonyl (C=O) groups is 1. The standard InChI is InChI=1S/C13H21N3O4S/c1-13(2)8-15-7-6-10(13)16-12(17)9-4-5-11(20-9)21(18,19)14-3/h4-5,10,14-15H,6-8H2,1-3H3,(H,16,17). The molecule has 0 aromatic carbocycles. The van der Waals surface area contributed by atoms with Gasteiger partial charge in [0.25, 0.3) is 15.9 Å². The lowest BCUT2D eigenvalue weighted by molar-refractivity contribution is 0.0835. The number of sulfonamides is 1. The zero-order valence-electron chi connectivity index (χ0n) is 12.4. The summed E-state index contributed by atoms with van der Waals surface area (Å²) >= 11 is 0. The van der Waals surface area contributed by atoms with Gasteiger partial charge >= 0.3 is 0 Å². The van der Waals surface area contributed by atoms with Crippen molar-refractivity contribution in [2.24, 2.45) is 5.41 Å². The average molecular weight is 315 g/mol. The molecule has 2 heterocycles. The molecule has 0 radical (unpaired) electrons. The van der Waals surface area contributed by atoms with Gasteiger partial charge in [-0.05, 0) is 37.6 Å². The maximum atomic E-state index is 12.2. The summed E-state index contributed by atoms with van der Waals surface area (Å²) in [5.74, 6) is -0.398. The molecule has 1 unspecified atom stereocenters. The van der Waals surface area contributed by atoms with Crippen molar-refractivity contribution >= 4 is 15.9 Å². The van der Waals surface area contributed by atoms with Crippen LogP contribution in [-0.4, -0.2) is 40.5 Å². The van der Waals surface area contributed by atoms with E-state index in [2.05, 4.69) is 29.2 Å². The van der Waals surface area contributed by atoms with Crippen molar-refractivity contribution in [1.29, 1.82) is 0 Å². The molecular weight excluding hydrogens is 294 g/mol. The Morgan fingerprint density at radius 3 is 2.76 bits per heavy atom. The molecule has 1 amide bonds. The third-order valence-corrected chi connectivity index (χ3v) is 5.06. The van der Waals surface area contributed by atoms with E-state index in [1.54, 1.807) is 0 Å². The van der Waals surface area contributed by atoms with Crippen molar-refractivity contribution in [3.8, 4) is 0 Å². The van der Waals surface area contributed by atoms with E-state index < -0.39 is 15.9 Å². The minimum Gasteiger partial charge on any atom is -0.438 e. The molecule has 1 atom stereocenters. The molecule has 2 rings (SSSR count). The fourth-order valence-electron chi connectivity index (χ4n) is 2.36. The summed E-state index contributed by atoms with van der Waals surface area (Å²) in [5, 5.41) is 5.94. The van der Waals surface area contributed by atoms with Gasteiger partial charge in [0.1, 0.15) is 0 Å². The molecule has 21 heavy (non-hydrogen) atoms. The van der Waals surface area contributed by atoms with Crippen LogP contribution in [0.4, 0.5) is 0 Å². The quantitative estimate of drug-likeness (QED) is 0.742. The zero-order valence-corrected chi connectivity index (χ0v) is 13.2. The molecule has 1 fully saturated rings. The summed E-state index contributed by atoms with van der Waals surface area (Å²) in [6, 6.07) is 2.66. The molecule has 0 bridgehead atoms. The molecule has 1 aromatic heterocycles. The Morgan fingerprint density at radius 2 is 2.14 bits per heavy atom. The lowest BCUT2D eigenvalue weighted by Crippen LogP contribution is -2.54. The lowest BCUT2D eigenvalue weighted by Gasteiger charge is -2.39. The van der Waals surface area contributed by atoms with Crippen molar-refractivity contribution in [1.82, 2.24) is 15.4 Å². The van der Waals surface area contributed by atoms with Crippen molar-refractivity contribution < 1.29 is 17.6 Å². The van der Waals surface area contributed by atoms with E-state index in [1.165, 1.54) is 19.2 Å². The average Bonchev–Trinajstić information content (AvgIpc) is 2.91.